The van der Waals surface area contributed by atoms with Crippen molar-refractivity contribution in [2.75, 3.05) is 19.6 Å². The molecule has 1 fully saturated rings. The standard InChI is InChI=1S/C20H29ClN2O3/c1-20(2,3)26-19(25)22-18(14-24)10-13-23-11-8-16(9-12-23)15-4-6-17(21)7-5-15/h4-7,14,16,18H,8-13H2,1-3H3,(H,22,25). The maximum Gasteiger partial charge on any atom is 0.408 e. The fourth-order valence-corrected chi connectivity index (χ4v) is 3.31. The number of carbonyl (C=O) groups is 2. The number of hydrogen-bond donors (Lipinski definition) is 1. The van der Waals surface area contributed by atoms with Crippen molar-refractivity contribution in [3.63, 3.8) is 0 Å². The van der Waals surface area contributed by atoms with Gasteiger partial charge in [-0.25, -0.2) is 4.79 Å². The number of alkyl carbamates (subject to hydrolysis) is 1. The van der Waals surface area contributed by atoms with Crippen molar-refractivity contribution in [2.24, 2.45) is 0 Å². The van der Waals surface area contributed by atoms with E-state index in [4.69, 9.17) is 16.3 Å². The average molecular weight is 381 g/mol. The Morgan fingerprint density at radius 1 is 1.31 bits per heavy atom. The number of nitrogens with zero attached hydrogens (tertiary/aromatic N) is 1. The molecule has 1 saturated heterocycles. The van der Waals surface area contributed by atoms with Gasteiger partial charge in [0.15, 0.2) is 0 Å². The van der Waals surface area contributed by atoms with E-state index in [0.29, 0.717) is 12.3 Å². The molecule has 6 heteroatoms. The van der Waals surface area contributed by atoms with Crippen LogP contribution in [0.1, 0.15) is 51.5 Å². The second-order valence-electron chi connectivity index (χ2n) is 7.84. The molecule has 26 heavy (non-hydrogen) atoms. The summed E-state index contributed by atoms with van der Waals surface area (Å²) >= 11 is 5.95. The van der Waals surface area contributed by atoms with Gasteiger partial charge in [0.1, 0.15) is 11.9 Å². The van der Waals surface area contributed by atoms with Crippen LogP contribution < -0.4 is 5.32 Å². The van der Waals surface area contributed by atoms with E-state index in [1.807, 2.05) is 12.1 Å². The van der Waals surface area contributed by atoms with Crippen molar-refractivity contribution in [3.8, 4) is 0 Å². The molecule has 1 amide bonds. The maximum absolute atomic E-state index is 11.8. The van der Waals surface area contributed by atoms with Crippen molar-refractivity contribution in [3.05, 3.63) is 34.9 Å². The summed E-state index contributed by atoms with van der Waals surface area (Å²) in [7, 11) is 0. The summed E-state index contributed by atoms with van der Waals surface area (Å²) < 4.78 is 5.20. The SMILES string of the molecule is CC(C)(C)OC(=O)NC(C=O)CCN1CCC(c2ccc(Cl)cc2)CC1. The van der Waals surface area contributed by atoms with Crippen LogP contribution in [0.5, 0.6) is 0 Å². The molecule has 0 spiro atoms. The highest BCUT2D eigenvalue weighted by Crippen LogP contribution is 2.28. The first kappa shape index (κ1) is 20.7. The first-order valence-electron chi connectivity index (χ1n) is 9.19. The minimum atomic E-state index is -0.568. The van der Waals surface area contributed by atoms with Crippen LogP contribution in [-0.2, 0) is 9.53 Å². The van der Waals surface area contributed by atoms with Gasteiger partial charge in [-0.15, -0.1) is 0 Å². The van der Waals surface area contributed by atoms with Crippen molar-refractivity contribution >= 4 is 24.0 Å². The van der Waals surface area contributed by atoms with Gasteiger partial charge in [0.25, 0.3) is 0 Å². The zero-order valence-corrected chi connectivity index (χ0v) is 16.6. The topological polar surface area (TPSA) is 58.6 Å². The Hall–Kier alpha value is -1.59. The van der Waals surface area contributed by atoms with E-state index >= 15 is 0 Å². The molecular weight excluding hydrogens is 352 g/mol. The van der Waals surface area contributed by atoms with Crippen LogP contribution in [-0.4, -0.2) is 48.6 Å². The Morgan fingerprint density at radius 3 is 2.46 bits per heavy atom. The lowest BCUT2D eigenvalue weighted by molar-refractivity contribution is -0.109. The highest BCUT2D eigenvalue weighted by atomic mass is 35.5. The monoisotopic (exact) mass is 380 g/mol. The van der Waals surface area contributed by atoms with E-state index in [0.717, 1.165) is 43.8 Å². The molecule has 0 radical (unpaired) electrons. The van der Waals surface area contributed by atoms with Crippen molar-refractivity contribution in [2.45, 2.75) is 57.6 Å². The van der Waals surface area contributed by atoms with Crippen molar-refractivity contribution in [1.29, 1.82) is 0 Å². The quantitative estimate of drug-likeness (QED) is 0.758. The van der Waals surface area contributed by atoms with E-state index in [-0.39, 0.29) is 0 Å². The van der Waals surface area contributed by atoms with E-state index < -0.39 is 17.7 Å². The van der Waals surface area contributed by atoms with Crippen LogP contribution in [0.4, 0.5) is 4.79 Å². The molecule has 1 aromatic rings. The van der Waals surface area contributed by atoms with Gasteiger partial charge < -0.3 is 19.7 Å². The maximum atomic E-state index is 11.8. The average Bonchev–Trinajstić information content (AvgIpc) is 2.58. The number of rotatable bonds is 6. The zero-order chi connectivity index (χ0) is 19.2. The van der Waals surface area contributed by atoms with Gasteiger partial charge >= 0.3 is 6.09 Å². The van der Waals surface area contributed by atoms with Crippen LogP contribution in [0.2, 0.25) is 5.02 Å². The molecule has 0 saturated carbocycles. The Bertz CT molecular complexity index is 590. The van der Waals surface area contributed by atoms with E-state index in [1.54, 1.807) is 20.8 Å². The predicted molar refractivity (Wildman–Crippen MR) is 104 cm³/mol. The first-order valence-corrected chi connectivity index (χ1v) is 9.57. The number of likely N-dealkylation sites (tertiary alicyclic amines) is 1. The van der Waals surface area contributed by atoms with Gasteiger partial charge in [-0.1, -0.05) is 23.7 Å². The lowest BCUT2D eigenvalue weighted by atomic mass is 9.89. The van der Waals surface area contributed by atoms with Gasteiger partial charge in [0.2, 0.25) is 0 Å². The Labute approximate surface area is 161 Å². The van der Waals surface area contributed by atoms with Gasteiger partial charge in [-0.2, -0.15) is 0 Å². The minimum absolute atomic E-state index is 0.515. The summed E-state index contributed by atoms with van der Waals surface area (Å²) in [5.41, 5.74) is 0.771. The highest BCUT2D eigenvalue weighted by Gasteiger charge is 2.23. The molecule has 1 aliphatic rings. The molecule has 1 N–H and O–H groups in total. The normalized spacial score (nSPS) is 17.5. The second-order valence-corrected chi connectivity index (χ2v) is 8.28. The molecular formula is C20H29ClN2O3. The van der Waals surface area contributed by atoms with E-state index in [2.05, 4.69) is 22.3 Å². The lowest BCUT2D eigenvalue weighted by Gasteiger charge is -2.32. The fourth-order valence-electron chi connectivity index (χ4n) is 3.18. The van der Waals surface area contributed by atoms with Crippen molar-refractivity contribution < 1.29 is 14.3 Å². The van der Waals surface area contributed by atoms with Gasteiger partial charge in [-0.3, -0.25) is 0 Å². The molecule has 0 aromatic heterocycles. The van der Waals surface area contributed by atoms with Crippen LogP contribution in [0.15, 0.2) is 24.3 Å². The highest BCUT2D eigenvalue weighted by molar-refractivity contribution is 6.30. The number of benzene rings is 1. The first-order chi connectivity index (χ1) is 12.3. The molecule has 1 atom stereocenters. The van der Waals surface area contributed by atoms with Crippen molar-refractivity contribution in [1.82, 2.24) is 10.2 Å². The molecule has 0 bridgehead atoms. The van der Waals surface area contributed by atoms with Gasteiger partial charge in [0.05, 0.1) is 6.04 Å². The number of carbonyl (C=O) groups excluding carboxylic acids is 2. The molecule has 1 heterocycles. The molecule has 1 aliphatic heterocycles. The molecule has 1 unspecified atom stereocenters. The predicted octanol–water partition coefficient (Wildman–Crippen LogP) is 4.00. The lowest BCUT2D eigenvalue weighted by Crippen LogP contribution is -2.42. The summed E-state index contributed by atoms with van der Waals surface area (Å²) in [5.74, 6) is 0.560. The number of nitrogens with one attached hydrogen (secondary N) is 1. The summed E-state index contributed by atoms with van der Waals surface area (Å²) in [5, 5.41) is 3.40. The van der Waals surface area contributed by atoms with Gasteiger partial charge in [0, 0.05) is 11.6 Å². The third kappa shape index (κ3) is 6.96. The Morgan fingerprint density at radius 2 is 1.92 bits per heavy atom. The van der Waals surface area contributed by atoms with Gasteiger partial charge in [-0.05, 0) is 76.7 Å². The largest absolute Gasteiger partial charge is 0.444 e. The van der Waals surface area contributed by atoms with E-state index in [1.165, 1.54) is 5.56 Å². The Kier molecular flexibility index (Phi) is 7.47. The molecule has 2 rings (SSSR count). The number of amides is 1. The zero-order valence-electron chi connectivity index (χ0n) is 15.8. The number of ether oxygens (including phenoxy) is 1. The molecule has 1 aromatic carbocycles. The number of piperidine rings is 1. The smallest absolute Gasteiger partial charge is 0.408 e. The fraction of sp³-hybridized carbons (Fsp3) is 0.600. The second kappa shape index (κ2) is 9.38. The summed E-state index contributed by atoms with van der Waals surface area (Å²) in [4.78, 5) is 25.4. The van der Waals surface area contributed by atoms with Crippen LogP contribution in [0.3, 0.4) is 0 Å². The molecule has 144 valence electrons. The number of hydrogen-bond acceptors (Lipinski definition) is 4. The van der Waals surface area contributed by atoms with E-state index in [9.17, 15) is 9.59 Å². The summed E-state index contributed by atoms with van der Waals surface area (Å²) in [6.45, 7) is 8.16. The third-order valence-corrected chi connectivity index (χ3v) is 4.80. The summed E-state index contributed by atoms with van der Waals surface area (Å²) in [6.07, 6.45) is 3.01. The molecule has 0 aliphatic carbocycles. The van der Waals surface area contributed by atoms with Crippen LogP contribution in [0.25, 0.3) is 0 Å². The minimum Gasteiger partial charge on any atom is -0.444 e. The van der Waals surface area contributed by atoms with Crippen LogP contribution in [0, 0.1) is 0 Å². The number of halogens is 1. The number of aldehydes is 1. The van der Waals surface area contributed by atoms with Crippen LogP contribution >= 0.6 is 11.6 Å². The Balaban J connectivity index is 1.73. The molecule has 5 nitrogen and oxygen atoms in total. The summed E-state index contributed by atoms with van der Waals surface area (Å²) in [6, 6.07) is 7.59. The third-order valence-electron chi connectivity index (χ3n) is 4.55.